The average Bonchev–Trinajstić information content (AvgIpc) is 3.56. The molecular weight excluding hydrogens is 737 g/mol. The number of hydrogen-bond acceptors (Lipinski definition) is 8. The summed E-state index contributed by atoms with van der Waals surface area (Å²) in [5, 5.41) is 27.1. The van der Waals surface area contributed by atoms with Gasteiger partial charge in [0.1, 0.15) is 0 Å². The number of fused-ring (bicyclic) bond motifs is 1. The van der Waals surface area contributed by atoms with Crippen molar-refractivity contribution >= 4 is 38.9 Å². The topological polar surface area (TPSA) is 112 Å². The van der Waals surface area contributed by atoms with Gasteiger partial charge in [0.15, 0.2) is 20.4 Å². The number of allylic oxidation sites excluding steroid dienone is 3. The Morgan fingerprint density at radius 2 is 1.50 bits per heavy atom. The van der Waals surface area contributed by atoms with Crippen molar-refractivity contribution in [3.63, 3.8) is 0 Å². The van der Waals surface area contributed by atoms with Crippen molar-refractivity contribution in [2.45, 2.75) is 129 Å². The molecule has 0 radical (unpaired) electrons. The largest absolute Gasteiger partial charge is 0.416 e. The molecule has 8 nitrogen and oxygen atoms in total. The molecule has 6 rings (SSSR count). The molecule has 1 saturated heterocycles. The number of cyclic esters (lactones) is 2. The monoisotopic (exact) mass is 800 g/mol. The Hall–Kier alpha value is -2.97. The number of carbonyl (C=O) groups is 2. The quantitative estimate of drug-likeness (QED) is 0.0512. The number of esters is 2. The number of rotatable bonds is 18. The smallest absolute Gasteiger partial charge is 0.342 e. The highest BCUT2D eigenvalue weighted by molar-refractivity contribution is 6.99. The zero-order chi connectivity index (χ0) is 40.4. The SMILES string of the molecule is C/C=C/CCCCC[C@@H]1C=C2[C@@]3(CO[Si](CC)(CC)CC)CC4=C(C(=O)OC4=O)[C@H]([C@H]1CCO[Si](c1ccccc1)(c1ccccc1)C(C)(C)C)[C@@]2(O)OC3O. The Balaban J connectivity index is 1.45. The molecule has 0 saturated carbocycles. The van der Waals surface area contributed by atoms with E-state index in [4.69, 9.17) is 18.3 Å². The maximum Gasteiger partial charge on any atom is 0.342 e. The number of aliphatic hydroxyl groups is 2. The Kier molecular flexibility index (Phi) is 13.0. The third-order valence-corrected chi connectivity index (χ3v) is 23.3. The van der Waals surface area contributed by atoms with Crippen LogP contribution in [0.25, 0.3) is 0 Å². The van der Waals surface area contributed by atoms with Crippen LogP contribution in [-0.2, 0) is 27.9 Å². The van der Waals surface area contributed by atoms with E-state index in [2.05, 4.69) is 108 Å². The summed E-state index contributed by atoms with van der Waals surface area (Å²) >= 11 is 0. The van der Waals surface area contributed by atoms with Crippen LogP contribution < -0.4 is 10.4 Å². The molecule has 2 heterocycles. The van der Waals surface area contributed by atoms with Crippen LogP contribution in [0.15, 0.2) is 95.6 Å². The van der Waals surface area contributed by atoms with Crippen molar-refractivity contribution in [1.82, 2.24) is 0 Å². The predicted octanol–water partition coefficient (Wildman–Crippen LogP) is 8.10. The minimum atomic E-state index is -2.92. The molecule has 0 spiro atoms. The Morgan fingerprint density at radius 1 is 0.875 bits per heavy atom. The van der Waals surface area contributed by atoms with Crippen LogP contribution in [0.4, 0.5) is 0 Å². The summed E-state index contributed by atoms with van der Waals surface area (Å²) in [7, 11) is -5.11. The predicted molar refractivity (Wildman–Crippen MR) is 225 cm³/mol. The van der Waals surface area contributed by atoms with E-state index in [-0.39, 0.29) is 41.0 Å². The fourth-order valence-corrected chi connectivity index (χ4v) is 17.6. The molecule has 2 aliphatic heterocycles. The van der Waals surface area contributed by atoms with E-state index in [0.717, 1.165) is 50.2 Å². The number of benzene rings is 2. The molecule has 2 N–H and O–H groups in total. The first kappa shape index (κ1) is 42.6. The maximum atomic E-state index is 13.9. The molecule has 0 aromatic heterocycles. The first-order valence-corrected chi connectivity index (χ1v) is 25.5. The van der Waals surface area contributed by atoms with Gasteiger partial charge in [-0.1, -0.05) is 133 Å². The highest BCUT2D eigenvalue weighted by atomic mass is 28.4. The van der Waals surface area contributed by atoms with Gasteiger partial charge in [-0.15, -0.1) is 0 Å². The van der Waals surface area contributed by atoms with Gasteiger partial charge in [0, 0.05) is 18.8 Å². The molecule has 1 fully saturated rings. The van der Waals surface area contributed by atoms with Gasteiger partial charge in [-0.05, 0) is 90.0 Å². The fourth-order valence-electron chi connectivity index (χ4n) is 10.4. The highest BCUT2D eigenvalue weighted by Gasteiger charge is 2.71. The van der Waals surface area contributed by atoms with Gasteiger partial charge < -0.3 is 28.5 Å². The van der Waals surface area contributed by atoms with Crippen molar-refractivity contribution in [2.24, 2.45) is 23.2 Å². The Bertz CT molecular complexity index is 1750. The van der Waals surface area contributed by atoms with Crippen molar-refractivity contribution in [3.05, 3.63) is 95.6 Å². The lowest BCUT2D eigenvalue weighted by molar-refractivity contribution is -0.266. The maximum absolute atomic E-state index is 13.9. The molecule has 0 amide bonds. The zero-order valence-corrected chi connectivity index (χ0v) is 36.6. The number of carbonyl (C=O) groups excluding carboxylic acids is 2. The summed E-state index contributed by atoms with van der Waals surface area (Å²) in [5.74, 6) is -4.83. The first-order chi connectivity index (χ1) is 26.8. The minimum Gasteiger partial charge on any atom is -0.416 e. The lowest BCUT2D eigenvalue weighted by Crippen LogP contribution is -2.66. The lowest BCUT2D eigenvalue weighted by atomic mass is 9.62. The molecule has 2 aromatic carbocycles. The zero-order valence-electron chi connectivity index (χ0n) is 34.6. The number of ether oxygens (including phenoxy) is 2. The Labute approximate surface area is 336 Å². The second kappa shape index (κ2) is 17.1. The van der Waals surface area contributed by atoms with Crippen LogP contribution >= 0.6 is 0 Å². The summed E-state index contributed by atoms with van der Waals surface area (Å²) < 4.78 is 26.0. The summed E-state index contributed by atoms with van der Waals surface area (Å²) in [4.78, 5) is 27.5. The van der Waals surface area contributed by atoms with Gasteiger partial charge in [0.2, 0.25) is 0 Å². The van der Waals surface area contributed by atoms with Crippen molar-refractivity contribution < 1.29 is 38.1 Å². The van der Waals surface area contributed by atoms with Gasteiger partial charge in [0.05, 0.1) is 16.9 Å². The van der Waals surface area contributed by atoms with Gasteiger partial charge >= 0.3 is 11.9 Å². The van der Waals surface area contributed by atoms with Crippen LogP contribution in [0, 0.1) is 23.2 Å². The van der Waals surface area contributed by atoms with Crippen LogP contribution in [0.1, 0.15) is 93.4 Å². The van der Waals surface area contributed by atoms with Crippen molar-refractivity contribution in [2.75, 3.05) is 13.2 Å². The molecule has 56 heavy (non-hydrogen) atoms. The second-order valence-corrected chi connectivity index (χ2v) is 26.6. The normalized spacial score (nSPS) is 27.8. The average molecular weight is 801 g/mol. The number of unbranched alkanes of at least 4 members (excludes halogenated alkanes) is 3. The number of aliphatic hydroxyl groups excluding tert-OH is 1. The molecule has 6 atom stereocenters. The van der Waals surface area contributed by atoms with Gasteiger partial charge in [0.25, 0.3) is 8.32 Å². The van der Waals surface area contributed by atoms with E-state index in [0.29, 0.717) is 18.6 Å². The van der Waals surface area contributed by atoms with Crippen LogP contribution in [0.2, 0.25) is 23.2 Å². The summed E-state index contributed by atoms with van der Waals surface area (Å²) in [5.41, 5.74) is -0.275. The van der Waals surface area contributed by atoms with Crippen LogP contribution in [0.5, 0.6) is 0 Å². The van der Waals surface area contributed by atoms with E-state index in [1.165, 1.54) is 10.4 Å². The lowest BCUT2D eigenvalue weighted by Gasteiger charge is -2.47. The standard InChI is InChI=1S/C46H64O8Si2/c1-8-12-13-14-15-18-23-33-30-38-45(32-52-55(9-2,10-3)11-4)31-37-39(42(48)53-41(37)47)40(46(38,50)54-43(45)49)36(33)28-29-51-56(44(5,6)7,34-24-19-16-20-25-34)35-26-21-17-22-27-35/h8,12,16-17,19-22,24-27,30,33,36,40,43,49-50H,9-11,13-15,18,23,28-29,31-32H2,1-7H3/b12-8+/t33-,36+,40+,43?,45+,46+/m1/s1. The van der Waals surface area contributed by atoms with Gasteiger partial charge in [-0.25, -0.2) is 9.59 Å². The van der Waals surface area contributed by atoms with Crippen LogP contribution in [0.3, 0.4) is 0 Å². The first-order valence-electron chi connectivity index (χ1n) is 21.1. The molecule has 2 aliphatic carbocycles. The molecular formula is C46H64O8Si2. The third-order valence-electron chi connectivity index (χ3n) is 13.6. The summed E-state index contributed by atoms with van der Waals surface area (Å²) in [6.45, 7) is 15.7. The van der Waals surface area contributed by atoms with E-state index >= 15 is 0 Å². The molecule has 2 aromatic rings. The second-order valence-electron chi connectivity index (χ2n) is 17.5. The minimum absolute atomic E-state index is 0.00168. The highest BCUT2D eigenvalue weighted by Crippen LogP contribution is 2.64. The van der Waals surface area contributed by atoms with Crippen molar-refractivity contribution in [1.29, 1.82) is 0 Å². The van der Waals surface area contributed by atoms with E-state index in [9.17, 15) is 19.8 Å². The van der Waals surface area contributed by atoms with E-state index < -0.39 is 52.0 Å². The van der Waals surface area contributed by atoms with Crippen molar-refractivity contribution in [3.8, 4) is 0 Å². The molecule has 4 aliphatic rings. The summed E-state index contributed by atoms with van der Waals surface area (Å²) in [6.07, 6.45) is 10.3. The van der Waals surface area contributed by atoms with E-state index in [1.54, 1.807) is 0 Å². The number of hydrogen-bond donors (Lipinski definition) is 2. The molecule has 10 heteroatoms. The molecule has 304 valence electrons. The fraction of sp³-hybridized carbons (Fsp3) is 0.565. The Morgan fingerprint density at radius 3 is 2.07 bits per heavy atom. The van der Waals surface area contributed by atoms with E-state index in [1.807, 2.05) is 19.1 Å². The van der Waals surface area contributed by atoms with Crippen LogP contribution in [-0.4, -0.2) is 64.1 Å². The third kappa shape index (κ3) is 7.44. The molecule has 1 unspecified atom stereocenters. The molecule has 4 bridgehead atoms. The van der Waals surface area contributed by atoms with Gasteiger partial charge in [-0.2, -0.15) is 0 Å². The summed E-state index contributed by atoms with van der Waals surface area (Å²) in [6, 6.07) is 23.7. The van der Waals surface area contributed by atoms with Gasteiger partial charge in [-0.3, -0.25) is 0 Å².